The SMILES string of the molecule is CCN1C(=O)C2C(Cl)=C(Cl)C(Cl)=C(Cl)[C@@H]2C1=O. The third kappa shape index (κ3) is 1.72. The number of nitrogens with zero attached hydrogens (tertiary/aromatic N) is 1. The molecular weight excluding hydrogens is 308 g/mol. The Hall–Kier alpha value is -0.220. The normalized spacial score (nSPS) is 29.4. The molecule has 92 valence electrons. The van der Waals surface area contributed by atoms with E-state index in [1.807, 2.05) is 0 Å². The lowest BCUT2D eigenvalue weighted by Gasteiger charge is -2.21. The second kappa shape index (κ2) is 4.47. The number of hydrogen-bond acceptors (Lipinski definition) is 2. The van der Waals surface area contributed by atoms with Gasteiger partial charge in [-0.05, 0) is 6.92 Å². The Morgan fingerprint density at radius 1 is 0.941 bits per heavy atom. The first-order chi connectivity index (χ1) is 7.91. The third-order valence-corrected chi connectivity index (χ3v) is 4.80. The van der Waals surface area contributed by atoms with Crippen LogP contribution in [-0.4, -0.2) is 23.3 Å². The summed E-state index contributed by atoms with van der Waals surface area (Å²) >= 11 is 23.7. The molecule has 2 rings (SSSR count). The van der Waals surface area contributed by atoms with Crippen LogP contribution in [0.4, 0.5) is 0 Å². The van der Waals surface area contributed by atoms with Gasteiger partial charge >= 0.3 is 0 Å². The number of imide groups is 1. The first-order valence-electron chi connectivity index (χ1n) is 4.87. The van der Waals surface area contributed by atoms with Crippen LogP contribution in [0.5, 0.6) is 0 Å². The number of amides is 2. The van der Waals surface area contributed by atoms with Gasteiger partial charge in [0.05, 0.1) is 32.0 Å². The van der Waals surface area contributed by atoms with Crippen LogP contribution in [0, 0.1) is 11.8 Å². The number of halogens is 4. The van der Waals surface area contributed by atoms with Crippen molar-refractivity contribution < 1.29 is 9.59 Å². The highest BCUT2D eigenvalue weighted by Crippen LogP contribution is 2.49. The van der Waals surface area contributed by atoms with Crippen molar-refractivity contribution in [2.75, 3.05) is 6.54 Å². The molecule has 0 N–H and O–H groups in total. The van der Waals surface area contributed by atoms with E-state index >= 15 is 0 Å². The standard InChI is InChI=1S/C10H7Cl4NO2/c1-2-15-9(16)3-4(10(15)17)6(12)8(14)7(13)5(3)11/h3-4H,2H2,1H3/t3-,4?/m1/s1. The lowest BCUT2D eigenvalue weighted by Crippen LogP contribution is -2.30. The van der Waals surface area contributed by atoms with E-state index in [0.29, 0.717) is 0 Å². The molecule has 0 radical (unpaired) electrons. The zero-order valence-electron chi connectivity index (χ0n) is 8.64. The molecule has 0 aromatic heterocycles. The van der Waals surface area contributed by atoms with Crippen molar-refractivity contribution in [1.82, 2.24) is 4.90 Å². The number of hydrogen-bond donors (Lipinski definition) is 0. The van der Waals surface area contributed by atoms with Gasteiger partial charge in [-0.3, -0.25) is 14.5 Å². The predicted molar refractivity (Wildman–Crippen MR) is 66.8 cm³/mol. The average molecular weight is 315 g/mol. The van der Waals surface area contributed by atoms with E-state index < -0.39 is 11.8 Å². The van der Waals surface area contributed by atoms with Crippen LogP contribution in [0.2, 0.25) is 0 Å². The molecule has 1 aliphatic carbocycles. The zero-order valence-corrected chi connectivity index (χ0v) is 11.7. The molecule has 2 atom stereocenters. The monoisotopic (exact) mass is 313 g/mol. The van der Waals surface area contributed by atoms with Crippen molar-refractivity contribution in [3.8, 4) is 0 Å². The minimum atomic E-state index is -0.827. The highest BCUT2D eigenvalue weighted by molar-refractivity contribution is 6.52. The van der Waals surface area contributed by atoms with Crippen LogP contribution < -0.4 is 0 Å². The van der Waals surface area contributed by atoms with E-state index in [-0.39, 0.29) is 38.5 Å². The summed E-state index contributed by atoms with van der Waals surface area (Å²) in [6, 6.07) is 0. The summed E-state index contributed by atoms with van der Waals surface area (Å²) in [5, 5.41) is 0.248. The van der Waals surface area contributed by atoms with Gasteiger partial charge in [0.1, 0.15) is 0 Å². The van der Waals surface area contributed by atoms with Gasteiger partial charge in [-0.15, -0.1) is 0 Å². The lowest BCUT2D eigenvalue weighted by atomic mass is 9.90. The van der Waals surface area contributed by atoms with Gasteiger partial charge in [-0.25, -0.2) is 0 Å². The van der Waals surface area contributed by atoms with Gasteiger partial charge < -0.3 is 0 Å². The molecule has 3 nitrogen and oxygen atoms in total. The summed E-state index contributed by atoms with van der Waals surface area (Å²) in [7, 11) is 0. The minimum absolute atomic E-state index is 0.0405. The average Bonchev–Trinajstić information content (AvgIpc) is 2.55. The van der Waals surface area contributed by atoms with Crippen LogP contribution in [0.15, 0.2) is 20.1 Å². The molecule has 0 bridgehead atoms. The van der Waals surface area contributed by atoms with Gasteiger partial charge in [0.2, 0.25) is 11.8 Å². The maximum absolute atomic E-state index is 12.0. The Kier molecular flexibility index (Phi) is 3.47. The second-order valence-corrected chi connectivity index (χ2v) is 5.27. The predicted octanol–water partition coefficient (Wildman–Crippen LogP) is 3.00. The Balaban J connectivity index is 2.59. The fourth-order valence-corrected chi connectivity index (χ4v) is 3.20. The molecule has 1 fully saturated rings. The van der Waals surface area contributed by atoms with Gasteiger partial charge in [0.25, 0.3) is 0 Å². The number of carbonyl (C=O) groups is 2. The quantitative estimate of drug-likeness (QED) is 0.698. The molecule has 0 spiro atoms. The van der Waals surface area contributed by atoms with Crippen molar-refractivity contribution in [3.05, 3.63) is 20.1 Å². The summed E-state index contributed by atoms with van der Waals surface area (Å²) in [5.41, 5.74) is 0. The fraction of sp³-hybridized carbons (Fsp3) is 0.400. The van der Waals surface area contributed by atoms with Crippen LogP contribution >= 0.6 is 46.4 Å². The number of fused-ring (bicyclic) bond motifs is 1. The van der Waals surface area contributed by atoms with Gasteiger partial charge in [-0.1, -0.05) is 46.4 Å². The summed E-state index contributed by atoms with van der Waals surface area (Å²) < 4.78 is 0. The van der Waals surface area contributed by atoms with E-state index in [1.54, 1.807) is 6.92 Å². The Morgan fingerprint density at radius 2 is 1.29 bits per heavy atom. The van der Waals surface area contributed by atoms with Crippen LogP contribution in [-0.2, 0) is 9.59 Å². The molecule has 1 unspecified atom stereocenters. The van der Waals surface area contributed by atoms with Gasteiger partial charge in [-0.2, -0.15) is 0 Å². The molecule has 17 heavy (non-hydrogen) atoms. The molecular formula is C10H7Cl4NO2. The van der Waals surface area contributed by atoms with E-state index in [2.05, 4.69) is 0 Å². The largest absolute Gasteiger partial charge is 0.282 e. The highest BCUT2D eigenvalue weighted by atomic mass is 35.5. The Bertz CT molecular complexity index is 441. The molecule has 1 aliphatic heterocycles. The molecule has 1 saturated heterocycles. The van der Waals surface area contributed by atoms with Crippen molar-refractivity contribution >= 4 is 58.2 Å². The lowest BCUT2D eigenvalue weighted by molar-refractivity contribution is -0.139. The van der Waals surface area contributed by atoms with E-state index in [1.165, 1.54) is 0 Å². The smallest absolute Gasteiger partial charge is 0.238 e. The van der Waals surface area contributed by atoms with Crippen LogP contribution in [0.25, 0.3) is 0 Å². The van der Waals surface area contributed by atoms with E-state index in [4.69, 9.17) is 46.4 Å². The maximum Gasteiger partial charge on any atom is 0.238 e. The molecule has 2 aliphatic rings. The summed E-state index contributed by atoms with van der Waals surface area (Å²) in [5.74, 6) is -2.42. The summed E-state index contributed by atoms with van der Waals surface area (Å²) in [4.78, 5) is 25.1. The summed E-state index contributed by atoms with van der Waals surface area (Å²) in [6.07, 6.45) is 0. The number of carbonyl (C=O) groups excluding carboxylic acids is 2. The van der Waals surface area contributed by atoms with Gasteiger partial charge in [0.15, 0.2) is 0 Å². The molecule has 0 aromatic carbocycles. The first kappa shape index (κ1) is 13.2. The van der Waals surface area contributed by atoms with Gasteiger partial charge in [0, 0.05) is 6.54 Å². The van der Waals surface area contributed by atoms with Crippen molar-refractivity contribution in [3.63, 3.8) is 0 Å². The van der Waals surface area contributed by atoms with E-state index in [0.717, 1.165) is 4.90 Å². The number of rotatable bonds is 1. The minimum Gasteiger partial charge on any atom is -0.282 e. The van der Waals surface area contributed by atoms with Crippen molar-refractivity contribution in [2.45, 2.75) is 6.92 Å². The topological polar surface area (TPSA) is 37.4 Å². The fourth-order valence-electron chi connectivity index (χ4n) is 2.03. The third-order valence-electron chi connectivity index (χ3n) is 2.87. The first-order valence-corrected chi connectivity index (χ1v) is 6.38. The second-order valence-electron chi connectivity index (χ2n) is 3.70. The number of allylic oxidation sites excluding steroid dienone is 2. The molecule has 0 aromatic rings. The van der Waals surface area contributed by atoms with Crippen LogP contribution in [0.1, 0.15) is 6.92 Å². The maximum atomic E-state index is 12.0. The highest BCUT2D eigenvalue weighted by Gasteiger charge is 2.53. The molecule has 1 heterocycles. The van der Waals surface area contributed by atoms with Crippen molar-refractivity contribution in [2.24, 2.45) is 11.8 Å². The van der Waals surface area contributed by atoms with E-state index in [9.17, 15) is 9.59 Å². The van der Waals surface area contributed by atoms with Crippen LogP contribution in [0.3, 0.4) is 0 Å². The zero-order chi connectivity index (χ0) is 12.9. The molecule has 0 saturated carbocycles. The van der Waals surface area contributed by atoms with Crippen molar-refractivity contribution in [1.29, 1.82) is 0 Å². The molecule has 7 heteroatoms. The summed E-state index contributed by atoms with van der Waals surface area (Å²) in [6.45, 7) is 1.97. The number of likely N-dealkylation sites (tertiary alicyclic amines) is 1. The molecule has 2 amide bonds. The Labute approximate surface area is 118 Å². The Morgan fingerprint density at radius 3 is 1.59 bits per heavy atom.